The quantitative estimate of drug-likeness (QED) is 0.632. The average molecular weight is 167 g/mol. The van der Waals surface area contributed by atoms with Crippen LogP contribution in [0.15, 0.2) is 30.3 Å². The highest BCUT2D eigenvalue weighted by Crippen LogP contribution is 2.25. The molecule has 1 unspecified atom stereocenters. The molecule has 0 saturated carbocycles. The van der Waals surface area contributed by atoms with E-state index in [2.05, 4.69) is 0 Å². The summed E-state index contributed by atoms with van der Waals surface area (Å²) < 4.78 is 11.1. The van der Waals surface area contributed by atoms with Crippen LogP contribution in [-0.4, -0.2) is 6.16 Å². The Labute approximate surface area is 68.2 Å². The highest BCUT2D eigenvalue weighted by Gasteiger charge is 1.97. The Balaban J connectivity index is 2.58. The zero-order chi connectivity index (χ0) is 8.10. The predicted octanol–water partition coefficient (Wildman–Crippen LogP) is 3.03. The van der Waals surface area contributed by atoms with Crippen molar-refractivity contribution in [3.8, 4) is 0 Å². The van der Waals surface area contributed by atoms with Gasteiger partial charge in [0.05, 0.1) is 7.80 Å². The van der Waals surface area contributed by atoms with Gasteiger partial charge in [-0.2, -0.15) is 0 Å². The van der Waals surface area contributed by atoms with Gasteiger partial charge in [-0.05, 0) is 5.56 Å². The summed E-state index contributed by atoms with van der Waals surface area (Å²) in [5.74, 6) is 0. The standard InChI is InChI=1S/C9H12OP/c1-2-11(10)8-9-6-4-3-5-7-9/h3-7H,2,8H2,1H3. The maximum Gasteiger partial charge on any atom is 0.0760 e. The second-order valence-electron chi connectivity index (χ2n) is 2.44. The Bertz CT molecular complexity index is 231. The fraction of sp³-hybridized carbons (Fsp3) is 0.333. The summed E-state index contributed by atoms with van der Waals surface area (Å²) in [4.78, 5) is 0. The molecule has 0 aromatic heterocycles. The highest BCUT2D eigenvalue weighted by molar-refractivity contribution is 7.43. The van der Waals surface area contributed by atoms with E-state index >= 15 is 0 Å². The smallest absolute Gasteiger partial charge is 0.0760 e. The molecule has 0 amide bonds. The zero-order valence-corrected chi connectivity index (χ0v) is 7.55. The van der Waals surface area contributed by atoms with Crippen LogP contribution < -0.4 is 0 Å². The van der Waals surface area contributed by atoms with Crippen LogP contribution in [0.3, 0.4) is 0 Å². The molecular weight excluding hydrogens is 155 g/mol. The van der Waals surface area contributed by atoms with Gasteiger partial charge in [-0.15, -0.1) is 0 Å². The second-order valence-corrected chi connectivity index (χ2v) is 4.35. The Hall–Kier alpha value is -0.680. The minimum atomic E-state index is -1.00. The van der Waals surface area contributed by atoms with Crippen molar-refractivity contribution in [3.05, 3.63) is 35.9 Å². The first-order valence-electron chi connectivity index (χ1n) is 3.79. The van der Waals surface area contributed by atoms with E-state index in [9.17, 15) is 4.57 Å². The Morgan fingerprint density at radius 1 is 1.27 bits per heavy atom. The lowest BCUT2D eigenvalue weighted by Crippen LogP contribution is -1.78. The van der Waals surface area contributed by atoms with Gasteiger partial charge in [0.1, 0.15) is 0 Å². The van der Waals surface area contributed by atoms with Gasteiger partial charge in [-0.3, -0.25) is 4.57 Å². The fourth-order valence-corrected chi connectivity index (χ4v) is 1.74. The summed E-state index contributed by atoms with van der Waals surface area (Å²) in [7, 11) is -1.00. The van der Waals surface area contributed by atoms with Crippen LogP contribution in [0, 0.1) is 0 Å². The van der Waals surface area contributed by atoms with E-state index in [1.807, 2.05) is 37.3 Å². The predicted molar refractivity (Wildman–Crippen MR) is 48.3 cm³/mol. The monoisotopic (exact) mass is 167 g/mol. The largest absolute Gasteiger partial charge is 0.287 e. The Morgan fingerprint density at radius 2 is 1.91 bits per heavy atom. The second kappa shape index (κ2) is 4.25. The molecule has 0 heterocycles. The average Bonchev–Trinajstić information content (AvgIpc) is 2.06. The molecule has 1 atom stereocenters. The molecule has 0 aliphatic rings. The molecule has 11 heavy (non-hydrogen) atoms. The van der Waals surface area contributed by atoms with E-state index < -0.39 is 7.80 Å². The van der Waals surface area contributed by atoms with E-state index in [-0.39, 0.29) is 0 Å². The Kier molecular flexibility index (Phi) is 3.25. The summed E-state index contributed by atoms with van der Waals surface area (Å²) in [6.07, 6.45) is 1.51. The molecule has 0 aliphatic carbocycles. The molecule has 0 fully saturated rings. The third kappa shape index (κ3) is 2.81. The third-order valence-corrected chi connectivity index (χ3v) is 2.98. The summed E-state index contributed by atoms with van der Waals surface area (Å²) in [5.41, 5.74) is 1.18. The topological polar surface area (TPSA) is 17.1 Å². The molecule has 2 heteroatoms. The van der Waals surface area contributed by atoms with Gasteiger partial charge in [-0.1, -0.05) is 37.3 Å². The van der Waals surface area contributed by atoms with Crippen molar-refractivity contribution in [1.82, 2.24) is 0 Å². The maximum absolute atomic E-state index is 11.1. The number of hydrogen-bond acceptors (Lipinski definition) is 1. The molecule has 1 radical (unpaired) electrons. The SMILES string of the molecule is CC[P](=O)Cc1ccccc1. The summed E-state index contributed by atoms with van der Waals surface area (Å²) in [6.45, 7) is 1.96. The van der Waals surface area contributed by atoms with Gasteiger partial charge in [0.15, 0.2) is 0 Å². The van der Waals surface area contributed by atoms with Crippen LogP contribution in [-0.2, 0) is 10.7 Å². The summed E-state index contributed by atoms with van der Waals surface area (Å²) in [6, 6.07) is 9.97. The van der Waals surface area contributed by atoms with E-state index in [0.717, 1.165) is 12.3 Å². The normalized spacial score (nSPS) is 11.2. The minimum Gasteiger partial charge on any atom is -0.287 e. The van der Waals surface area contributed by atoms with Crippen molar-refractivity contribution in [2.24, 2.45) is 0 Å². The van der Waals surface area contributed by atoms with Gasteiger partial charge in [-0.25, -0.2) is 0 Å². The first kappa shape index (κ1) is 8.42. The van der Waals surface area contributed by atoms with Gasteiger partial charge < -0.3 is 0 Å². The van der Waals surface area contributed by atoms with Crippen LogP contribution in [0.2, 0.25) is 0 Å². The molecule has 1 rings (SSSR count). The molecule has 0 N–H and O–H groups in total. The fourth-order valence-electron chi connectivity index (χ4n) is 0.899. The van der Waals surface area contributed by atoms with Crippen LogP contribution >= 0.6 is 7.80 Å². The molecule has 1 aromatic carbocycles. The van der Waals surface area contributed by atoms with Crippen molar-refractivity contribution < 1.29 is 4.57 Å². The van der Waals surface area contributed by atoms with Crippen molar-refractivity contribution in [2.45, 2.75) is 13.1 Å². The maximum atomic E-state index is 11.1. The van der Waals surface area contributed by atoms with Gasteiger partial charge in [0, 0.05) is 12.3 Å². The van der Waals surface area contributed by atoms with E-state index in [0.29, 0.717) is 0 Å². The van der Waals surface area contributed by atoms with Crippen molar-refractivity contribution in [3.63, 3.8) is 0 Å². The van der Waals surface area contributed by atoms with Crippen molar-refractivity contribution >= 4 is 7.80 Å². The molecule has 0 bridgehead atoms. The lowest BCUT2D eigenvalue weighted by atomic mass is 10.2. The molecule has 1 nitrogen and oxygen atoms in total. The van der Waals surface area contributed by atoms with Gasteiger partial charge in [0.2, 0.25) is 0 Å². The summed E-state index contributed by atoms with van der Waals surface area (Å²) in [5, 5.41) is 0. The molecule has 1 aromatic rings. The number of rotatable bonds is 3. The van der Waals surface area contributed by atoms with Crippen LogP contribution in [0.4, 0.5) is 0 Å². The highest BCUT2D eigenvalue weighted by atomic mass is 31.1. The van der Waals surface area contributed by atoms with Crippen LogP contribution in [0.1, 0.15) is 12.5 Å². The van der Waals surface area contributed by atoms with E-state index in [1.165, 1.54) is 5.56 Å². The molecule has 0 aliphatic heterocycles. The van der Waals surface area contributed by atoms with Gasteiger partial charge in [0.25, 0.3) is 0 Å². The number of benzene rings is 1. The number of hydrogen-bond donors (Lipinski definition) is 0. The minimum absolute atomic E-state index is 0.729. The first-order chi connectivity index (χ1) is 5.33. The van der Waals surface area contributed by atoms with Gasteiger partial charge >= 0.3 is 0 Å². The van der Waals surface area contributed by atoms with Crippen LogP contribution in [0.25, 0.3) is 0 Å². The lowest BCUT2D eigenvalue weighted by molar-refractivity contribution is 0.588. The molecule has 0 spiro atoms. The molecule has 59 valence electrons. The zero-order valence-electron chi connectivity index (χ0n) is 6.66. The van der Waals surface area contributed by atoms with Crippen LogP contribution in [0.5, 0.6) is 0 Å². The summed E-state index contributed by atoms with van der Waals surface area (Å²) >= 11 is 0. The van der Waals surface area contributed by atoms with Crippen molar-refractivity contribution in [2.75, 3.05) is 6.16 Å². The lowest BCUT2D eigenvalue weighted by Gasteiger charge is -1.96. The Morgan fingerprint density at radius 3 is 2.45 bits per heavy atom. The molecule has 0 saturated heterocycles. The third-order valence-electron chi connectivity index (χ3n) is 1.55. The van der Waals surface area contributed by atoms with E-state index in [1.54, 1.807) is 0 Å². The molecular formula is C9H12OP. The van der Waals surface area contributed by atoms with E-state index in [4.69, 9.17) is 0 Å². The van der Waals surface area contributed by atoms with Crippen molar-refractivity contribution in [1.29, 1.82) is 0 Å². The first-order valence-corrected chi connectivity index (χ1v) is 5.42.